The number of nitrogens with one attached hydrogen (secondary N) is 1. The number of hydrogen-bond donors (Lipinski definition) is 2. The summed E-state index contributed by atoms with van der Waals surface area (Å²) in [6.45, 7) is 0.692. The molecule has 0 fully saturated rings. The molecule has 2 aromatic rings. The van der Waals surface area contributed by atoms with E-state index in [1.54, 1.807) is 11.8 Å². The van der Waals surface area contributed by atoms with Crippen molar-refractivity contribution in [2.75, 3.05) is 23.8 Å². The summed E-state index contributed by atoms with van der Waals surface area (Å²) in [7, 11) is 0. The molecule has 0 spiro atoms. The summed E-state index contributed by atoms with van der Waals surface area (Å²) in [6.07, 6.45) is 0.946. The monoisotopic (exact) mass is 340 g/mol. The van der Waals surface area contributed by atoms with Gasteiger partial charge in [0.2, 0.25) is 11.0 Å². The van der Waals surface area contributed by atoms with Crippen LogP contribution in [0.1, 0.15) is 6.42 Å². The van der Waals surface area contributed by atoms with Crippen molar-refractivity contribution < 1.29 is 4.79 Å². The summed E-state index contributed by atoms with van der Waals surface area (Å²) in [5.41, 5.74) is 5.48. The first kappa shape index (κ1) is 16.1. The van der Waals surface area contributed by atoms with Crippen LogP contribution in [0.4, 0.5) is 5.13 Å². The second kappa shape index (κ2) is 8.91. The molecular formula is C13H16N4OS3. The van der Waals surface area contributed by atoms with Crippen LogP contribution < -0.4 is 11.1 Å². The van der Waals surface area contributed by atoms with E-state index in [0.717, 1.165) is 16.5 Å². The number of anilines is 1. The molecule has 0 unspecified atom stereocenters. The minimum Gasteiger partial charge on any atom is -0.374 e. The highest BCUT2D eigenvalue weighted by atomic mass is 32.2. The standard InChI is InChI=1S/C13H16N4OS3/c14-12-16-17-13(21-12)20-9-11(18)15-7-4-8-19-10-5-2-1-3-6-10/h1-3,5-6H,4,7-9H2,(H2,14,16)(H,15,18). The Morgan fingerprint density at radius 2 is 2.05 bits per heavy atom. The topological polar surface area (TPSA) is 80.9 Å². The number of carbonyl (C=O) groups is 1. The van der Waals surface area contributed by atoms with E-state index in [-0.39, 0.29) is 5.91 Å². The predicted molar refractivity (Wildman–Crippen MR) is 89.8 cm³/mol. The maximum Gasteiger partial charge on any atom is 0.230 e. The van der Waals surface area contributed by atoms with Crippen LogP contribution in [0.25, 0.3) is 0 Å². The lowest BCUT2D eigenvalue weighted by molar-refractivity contribution is -0.118. The van der Waals surface area contributed by atoms with Crippen LogP contribution in [0.15, 0.2) is 39.6 Å². The SMILES string of the molecule is Nc1nnc(SCC(=O)NCCCSc2ccccc2)s1. The first-order valence-electron chi connectivity index (χ1n) is 6.40. The molecule has 112 valence electrons. The lowest BCUT2D eigenvalue weighted by Gasteiger charge is -2.04. The zero-order valence-corrected chi connectivity index (χ0v) is 13.8. The molecular weight excluding hydrogens is 324 g/mol. The van der Waals surface area contributed by atoms with Crippen molar-refractivity contribution >= 4 is 45.9 Å². The summed E-state index contributed by atoms with van der Waals surface area (Å²) in [6, 6.07) is 10.2. The minimum atomic E-state index is 0.0125. The van der Waals surface area contributed by atoms with Gasteiger partial charge in [0.1, 0.15) is 0 Å². The van der Waals surface area contributed by atoms with Gasteiger partial charge in [0.15, 0.2) is 4.34 Å². The van der Waals surface area contributed by atoms with Crippen molar-refractivity contribution in [3.8, 4) is 0 Å². The van der Waals surface area contributed by atoms with Crippen molar-refractivity contribution in [2.45, 2.75) is 15.7 Å². The first-order valence-corrected chi connectivity index (χ1v) is 9.19. The molecule has 0 radical (unpaired) electrons. The number of nitrogens with two attached hydrogens (primary N) is 1. The van der Waals surface area contributed by atoms with Crippen LogP contribution in [0.5, 0.6) is 0 Å². The molecule has 5 nitrogen and oxygen atoms in total. The Morgan fingerprint density at radius 1 is 1.24 bits per heavy atom. The highest BCUT2D eigenvalue weighted by Gasteiger charge is 2.06. The van der Waals surface area contributed by atoms with Gasteiger partial charge >= 0.3 is 0 Å². The van der Waals surface area contributed by atoms with Gasteiger partial charge in [-0.2, -0.15) is 0 Å². The molecule has 0 aliphatic heterocycles. The smallest absolute Gasteiger partial charge is 0.230 e. The van der Waals surface area contributed by atoms with E-state index in [2.05, 4.69) is 27.6 Å². The van der Waals surface area contributed by atoms with E-state index in [4.69, 9.17) is 5.73 Å². The van der Waals surface area contributed by atoms with Gasteiger partial charge in [0, 0.05) is 11.4 Å². The Hall–Kier alpha value is -1.25. The van der Waals surface area contributed by atoms with E-state index in [0.29, 0.717) is 17.4 Å². The van der Waals surface area contributed by atoms with Crippen LogP contribution >= 0.6 is 34.9 Å². The molecule has 0 aliphatic rings. The van der Waals surface area contributed by atoms with Gasteiger partial charge in [0.25, 0.3) is 0 Å². The zero-order valence-electron chi connectivity index (χ0n) is 11.3. The quantitative estimate of drug-likeness (QED) is 0.568. The van der Waals surface area contributed by atoms with E-state index < -0.39 is 0 Å². The molecule has 3 N–H and O–H groups in total. The van der Waals surface area contributed by atoms with Gasteiger partial charge in [-0.25, -0.2) is 0 Å². The lowest BCUT2D eigenvalue weighted by Crippen LogP contribution is -2.26. The Labute approximate surface area is 136 Å². The van der Waals surface area contributed by atoms with E-state index >= 15 is 0 Å². The fraction of sp³-hybridized carbons (Fsp3) is 0.308. The molecule has 0 bridgehead atoms. The van der Waals surface area contributed by atoms with Crippen molar-refractivity contribution in [1.82, 2.24) is 15.5 Å². The number of benzene rings is 1. The number of aromatic nitrogens is 2. The number of nitrogen functional groups attached to an aromatic ring is 1. The number of nitrogens with zero attached hydrogens (tertiary/aromatic N) is 2. The zero-order chi connectivity index (χ0) is 14.9. The number of amides is 1. The van der Waals surface area contributed by atoms with Crippen molar-refractivity contribution in [3.63, 3.8) is 0 Å². The van der Waals surface area contributed by atoms with E-state index in [9.17, 15) is 4.79 Å². The van der Waals surface area contributed by atoms with E-state index in [1.807, 2.05) is 18.2 Å². The molecule has 0 saturated heterocycles. The molecule has 1 aromatic heterocycles. The summed E-state index contributed by atoms with van der Waals surface area (Å²) in [5.74, 6) is 1.35. The average Bonchev–Trinajstić information content (AvgIpc) is 2.91. The van der Waals surface area contributed by atoms with Crippen LogP contribution in [0.2, 0.25) is 0 Å². The number of hydrogen-bond acceptors (Lipinski definition) is 7. The Bertz CT molecular complexity index is 562. The molecule has 0 aliphatic carbocycles. The molecule has 1 aromatic carbocycles. The maximum atomic E-state index is 11.6. The van der Waals surface area contributed by atoms with Gasteiger partial charge in [-0.1, -0.05) is 41.3 Å². The fourth-order valence-corrected chi connectivity index (χ4v) is 3.80. The van der Waals surface area contributed by atoms with E-state index in [1.165, 1.54) is 28.0 Å². The molecule has 1 amide bonds. The third kappa shape index (κ3) is 6.36. The van der Waals surface area contributed by atoms with Gasteiger partial charge in [0.05, 0.1) is 5.75 Å². The molecule has 2 rings (SSSR count). The van der Waals surface area contributed by atoms with Crippen molar-refractivity contribution in [3.05, 3.63) is 30.3 Å². The molecule has 8 heteroatoms. The predicted octanol–water partition coefficient (Wildman–Crippen LogP) is 2.51. The number of rotatable bonds is 8. The highest BCUT2D eigenvalue weighted by Crippen LogP contribution is 2.23. The van der Waals surface area contributed by atoms with Crippen molar-refractivity contribution in [2.24, 2.45) is 0 Å². The highest BCUT2D eigenvalue weighted by molar-refractivity contribution is 8.01. The number of carbonyl (C=O) groups excluding carboxylic acids is 1. The van der Waals surface area contributed by atoms with Gasteiger partial charge < -0.3 is 11.1 Å². The molecule has 0 atom stereocenters. The molecule has 21 heavy (non-hydrogen) atoms. The summed E-state index contributed by atoms with van der Waals surface area (Å²) >= 11 is 4.45. The van der Waals surface area contributed by atoms with Gasteiger partial charge in [-0.15, -0.1) is 22.0 Å². The van der Waals surface area contributed by atoms with Crippen LogP contribution in [-0.2, 0) is 4.79 Å². The minimum absolute atomic E-state index is 0.0125. The number of thioether (sulfide) groups is 2. The molecule has 1 heterocycles. The third-order valence-corrected chi connectivity index (χ3v) is 5.39. The lowest BCUT2D eigenvalue weighted by atomic mass is 10.4. The second-order valence-electron chi connectivity index (χ2n) is 4.06. The van der Waals surface area contributed by atoms with Crippen molar-refractivity contribution in [1.29, 1.82) is 0 Å². The molecule has 0 saturated carbocycles. The first-order chi connectivity index (χ1) is 10.2. The third-order valence-electron chi connectivity index (χ3n) is 2.40. The summed E-state index contributed by atoms with van der Waals surface area (Å²) in [5, 5.41) is 10.9. The summed E-state index contributed by atoms with van der Waals surface area (Å²) < 4.78 is 0.724. The Balaban J connectivity index is 1.53. The maximum absolute atomic E-state index is 11.6. The normalized spacial score (nSPS) is 10.5. The Morgan fingerprint density at radius 3 is 2.76 bits per heavy atom. The van der Waals surface area contributed by atoms with Crippen LogP contribution in [0.3, 0.4) is 0 Å². The Kier molecular flexibility index (Phi) is 6.84. The second-order valence-corrected chi connectivity index (χ2v) is 7.46. The summed E-state index contributed by atoms with van der Waals surface area (Å²) in [4.78, 5) is 12.9. The largest absolute Gasteiger partial charge is 0.374 e. The van der Waals surface area contributed by atoms with Gasteiger partial charge in [-0.3, -0.25) is 4.79 Å². The fourth-order valence-electron chi connectivity index (χ4n) is 1.46. The van der Waals surface area contributed by atoms with Crippen LogP contribution in [0, 0.1) is 0 Å². The average molecular weight is 340 g/mol. The van der Waals surface area contributed by atoms with Crippen LogP contribution in [-0.4, -0.2) is 34.2 Å². The van der Waals surface area contributed by atoms with Gasteiger partial charge in [-0.05, 0) is 24.3 Å².